The fourth-order valence-electron chi connectivity index (χ4n) is 3.12. The number of alkyl halides is 3. The number of pyridine rings is 1. The highest BCUT2D eigenvalue weighted by Gasteiger charge is 2.41. The highest BCUT2D eigenvalue weighted by molar-refractivity contribution is 5.86. The molecule has 1 amide bonds. The fourth-order valence-corrected chi connectivity index (χ4v) is 3.12. The monoisotopic (exact) mass is 299 g/mol. The van der Waals surface area contributed by atoms with Gasteiger partial charge in [-0.05, 0) is 31.9 Å². The predicted octanol–water partition coefficient (Wildman–Crippen LogP) is 2.30. The summed E-state index contributed by atoms with van der Waals surface area (Å²) in [6.45, 7) is 3.01. The van der Waals surface area contributed by atoms with Crippen molar-refractivity contribution >= 4 is 11.7 Å². The molecule has 0 N–H and O–H groups in total. The second kappa shape index (κ2) is 4.89. The first-order valence-electron chi connectivity index (χ1n) is 6.98. The van der Waals surface area contributed by atoms with E-state index in [-0.39, 0.29) is 17.8 Å². The smallest absolute Gasteiger partial charge is 0.343 e. The summed E-state index contributed by atoms with van der Waals surface area (Å²) in [7, 11) is 0. The SMILES string of the molecule is C[C@H]1C(=O)N2CCC[C@@H]2CN1c1cc(C(F)(F)F)ccn1. The van der Waals surface area contributed by atoms with Crippen molar-refractivity contribution in [2.45, 2.75) is 38.0 Å². The van der Waals surface area contributed by atoms with Crippen molar-refractivity contribution in [2.75, 3.05) is 18.0 Å². The molecule has 1 aromatic heterocycles. The second-order valence-corrected chi connectivity index (χ2v) is 5.56. The predicted molar refractivity (Wildman–Crippen MR) is 70.8 cm³/mol. The standard InChI is InChI=1S/C14H16F3N3O/c1-9-13(21)19-6-2-3-11(19)8-20(9)12-7-10(4-5-18-12)14(15,16)17/h4-5,7,9,11H,2-3,6,8H2,1H3/t9-,11+/m0/s1. The molecular weight excluding hydrogens is 283 g/mol. The minimum absolute atomic E-state index is 0.0250. The maximum absolute atomic E-state index is 12.8. The van der Waals surface area contributed by atoms with Crippen molar-refractivity contribution in [1.29, 1.82) is 0 Å². The molecule has 0 aromatic carbocycles. The number of nitrogens with zero attached hydrogens (tertiary/aromatic N) is 3. The van der Waals surface area contributed by atoms with Crippen molar-refractivity contribution in [3.63, 3.8) is 0 Å². The molecule has 2 aliphatic heterocycles. The molecule has 3 heterocycles. The zero-order chi connectivity index (χ0) is 15.2. The van der Waals surface area contributed by atoms with Crippen molar-refractivity contribution in [3.05, 3.63) is 23.9 Å². The van der Waals surface area contributed by atoms with Gasteiger partial charge in [-0.1, -0.05) is 0 Å². The highest BCUT2D eigenvalue weighted by atomic mass is 19.4. The van der Waals surface area contributed by atoms with Gasteiger partial charge in [-0.15, -0.1) is 0 Å². The Morgan fingerprint density at radius 1 is 1.33 bits per heavy atom. The number of amides is 1. The van der Waals surface area contributed by atoms with E-state index in [1.54, 1.807) is 11.8 Å². The largest absolute Gasteiger partial charge is 0.416 e. The van der Waals surface area contributed by atoms with Gasteiger partial charge >= 0.3 is 6.18 Å². The molecule has 2 atom stereocenters. The van der Waals surface area contributed by atoms with Crippen molar-refractivity contribution in [1.82, 2.24) is 9.88 Å². The highest BCUT2D eigenvalue weighted by Crippen LogP contribution is 2.33. The van der Waals surface area contributed by atoms with Crippen LogP contribution in [0.2, 0.25) is 0 Å². The molecule has 0 aliphatic carbocycles. The second-order valence-electron chi connectivity index (χ2n) is 5.56. The number of piperazine rings is 1. The Bertz CT molecular complexity index is 561. The minimum atomic E-state index is -4.40. The van der Waals surface area contributed by atoms with Gasteiger partial charge in [0.2, 0.25) is 5.91 Å². The first kappa shape index (κ1) is 14.2. The number of hydrogen-bond acceptors (Lipinski definition) is 3. The molecule has 0 radical (unpaired) electrons. The van der Waals surface area contributed by atoms with E-state index in [0.29, 0.717) is 6.54 Å². The lowest BCUT2D eigenvalue weighted by atomic mass is 10.1. The molecule has 2 aliphatic rings. The van der Waals surface area contributed by atoms with E-state index in [9.17, 15) is 18.0 Å². The van der Waals surface area contributed by atoms with E-state index in [2.05, 4.69) is 4.98 Å². The topological polar surface area (TPSA) is 36.4 Å². The van der Waals surface area contributed by atoms with Crippen LogP contribution in [0.1, 0.15) is 25.3 Å². The van der Waals surface area contributed by atoms with Crippen molar-refractivity contribution in [2.24, 2.45) is 0 Å². The molecular formula is C14H16F3N3O. The van der Waals surface area contributed by atoms with E-state index < -0.39 is 17.8 Å². The number of aromatic nitrogens is 1. The third-order valence-corrected chi connectivity index (χ3v) is 4.26. The summed E-state index contributed by atoms with van der Waals surface area (Å²) < 4.78 is 38.4. The molecule has 21 heavy (non-hydrogen) atoms. The number of anilines is 1. The fraction of sp³-hybridized carbons (Fsp3) is 0.571. The molecule has 0 bridgehead atoms. The molecule has 3 rings (SSSR count). The first-order chi connectivity index (χ1) is 9.88. The van der Waals surface area contributed by atoms with Crippen LogP contribution in [0.5, 0.6) is 0 Å². The number of halogens is 3. The zero-order valence-corrected chi connectivity index (χ0v) is 11.6. The quantitative estimate of drug-likeness (QED) is 0.798. The van der Waals surface area contributed by atoms with Crippen LogP contribution in [0, 0.1) is 0 Å². The number of carbonyl (C=O) groups excluding carboxylic acids is 1. The molecule has 1 aromatic rings. The van der Waals surface area contributed by atoms with Gasteiger partial charge in [0, 0.05) is 25.3 Å². The number of rotatable bonds is 1. The lowest BCUT2D eigenvalue weighted by Crippen LogP contribution is -2.59. The van der Waals surface area contributed by atoms with Crippen LogP contribution in [0.15, 0.2) is 18.3 Å². The van der Waals surface area contributed by atoms with Crippen LogP contribution in [0.25, 0.3) is 0 Å². The Hall–Kier alpha value is -1.79. The zero-order valence-electron chi connectivity index (χ0n) is 11.6. The molecule has 114 valence electrons. The van der Waals surface area contributed by atoms with E-state index >= 15 is 0 Å². The Kier molecular flexibility index (Phi) is 3.30. The van der Waals surface area contributed by atoms with Crippen molar-refractivity contribution < 1.29 is 18.0 Å². The van der Waals surface area contributed by atoms with E-state index in [1.807, 2.05) is 4.90 Å². The number of carbonyl (C=O) groups is 1. The Morgan fingerprint density at radius 2 is 2.10 bits per heavy atom. The maximum Gasteiger partial charge on any atom is 0.416 e. The average Bonchev–Trinajstić information content (AvgIpc) is 2.90. The summed E-state index contributed by atoms with van der Waals surface area (Å²) in [5, 5.41) is 0. The number of fused-ring (bicyclic) bond motifs is 1. The van der Waals surface area contributed by atoms with Gasteiger partial charge in [0.1, 0.15) is 11.9 Å². The van der Waals surface area contributed by atoms with Crippen molar-refractivity contribution in [3.8, 4) is 0 Å². The van der Waals surface area contributed by atoms with Gasteiger partial charge in [0.15, 0.2) is 0 Å². The van der Waals surface area contributed by atoms with Crippen LogP contribution in [-0.4, -0.2) is 41.0 Å². The normalized spacial score (nSPS) is 26.2. The number of hydrogen-bond donors (Lipinski definition) is 0. The van der Waals surface area contributed by atoms with Gasteiger partial charge in [-0.25, -0.2) is 4.98 Å². The Balaban J connectivity index is 1.91. The summed E-state index contributed by atoms with van der Waals surface area (Å²) >= 11 is 0. The summed E-state index contributed by atoms with van der Waals surface area (Å²) in [4.78, 5) is 19.9. The third kappa shape index (κ3) is 2.45. The molecule has 0 spiro atoms. The molecule has 4 nitrogen and oxygen atoms in total. The summed E-state index contributed by atoms with van der Waals surface area (Å²) in [5.41, 5.74) is -0.735. The first-order valence-corrected chi connectivity index (χ1v) is 6.98. The molecule has 0 unspecified atom stereocenters. The van der Waals surface area contributed by atoms with Crippen LogP contribution >= 0.6 is 0 Å². The Labute approximate surface area is 120 Å². The minimum Gasteiger partial charge on any atom is -0.343 e. The third-order valence-electron chi connectivity index (χ3n) is 4.26. The summed E-state index contributed by atoms with van der Waals surface area (Å²) in [6.07, 6.45) is -1.41. The van der Waals surface area contributed by atoms with Gasteiger partial charge in [-0.2, -0.15) is 13.2 Å². The summed E-state index contributed by atoms with van der Waals surface area (Å²) in [5.74, 6) is 0.195. The Morgan fingerprint density at radius 3 is 2.81 bits per heavy atom. The lowest BCUT2D eigenvalue weighted by Gasteiger charge is -2.42. The maximum atomic E-state index is 12.8. The molecule has 2 fully saturated rings. The van der Waals surface area contributed by atoms with Gasteiger partial charge < -0.3 is 9.80 Å². The van der Waals surface area contributed by atoms with E-state index in [1.165, 1.54) is 0 Å². The van der Waals surface area contributed by atoms with E-state index in [4.69, 9.17) is 0 Å². The average molecular weight is 299 g/mol. The van der Waals surface area contributed by atoms with Gasteiger partial charge in [0.05, 0.1) is 5.56 Å². The van der Waals surface area contributed by atoms with Gasteiger partial charge in [0.25, 0.3) is 0 Å². The molecule has 0 saturated carbocycles. The lowest BCUT2D eigenvalue weighted by molar-refractivity contribution is -0.137. The van der Waals surface area contributed by atoms with Crippen LogP contribution in [0.4, 0.5) is 19.0 Å². The molecule has 7 heteroatoms. The molecule has 2 saturated heterocycles. The van der Waals surface area contributed by atoms with Crippen LogP contribution in [0.3, 0.4) is 0 Å². The van der Waals surface area contributed by atoms with Crippen LogP contribution < -0.4 is 4.90 Å². The van der Waals surface area contributed by atoms with Gasteiger partial charge in [-0.3, -0.25) is 4.79 Å². The summed E-state index contributed by atoms with van der Waals surface area (Å²) in [6, 6.07) is 1.58. The van der Waals surface area contributed by atoms with E-state index in [0.717, 1.165) is 37.7 Å². The van der Waals surface area contributed by atoms with Crippen LogP contribution in [-0.2, 0) is 11.0 Å².